The second kappa shape index (κ2) is 5.13. The Labute approximate surface area is 108 Å². The molecule has 0 bridgehead atoms. The molecular weight excluding hydrogens is 365 g/mol. The molecule has 1 atom stereocenters. The molecule has 1 aromatic heterocycles. The van der Waals surface area contributed by atoms with Gasteiger partial charge in [0.05, 0.1) is 6.61 Å². The smallest absolute Gasteiger partial charge is 0.191 e. The number of hydrogen-bond acceptors (Lipinski definition) is 4. The summed E-state index contributed by atoms with van der Waals surface area (Å²) in [5, 5.41) is 18.6. The fraction of sp³-hybridized carbons (Fsp3) is 0.375. The molecule has 1 aromatic rings. The predicted molar refractivity (Wildman–Crippen MR) is 63.5 cm³/mol. The average molecular weight is 377 g/mol. The van der Waals surface area contributed by atoms with Crippen molar-refractivity contribution in [3.05, 3.63) is 14.4 Å². The standard InChI is InChI=1S/C8H9BrINO3/c1-4(3-12)14-5-2-6(10)11-8(9)7(5)13/h2,4,12-13H,3H2,1H3/i1D3. The van der Waals surface area contributed by atoms with E-state index in [-0.39, 0.29) is 16.1 Å². The molecule has 0 saturated carbocycles. The second-order valence-electron chi connectivity index (χ2n) is 2.37. The van der Waals surface area contributed by atoms with Gasteiger partial charge in [-0.1, -0.05) is 0 Å². The van der Waals surface area contributed by atoms with Crippen molar-refractivity contribution in [3.63, 3.8) is 0 Å². The summed E-state index contributed by atoms with van der Waals surface area (Å²) in [4.78, 5) is 3.90. The van der Waals surface area contributed by atoms with Gasteiger partial charge in [0.15, 0.2) is 16.1 Å². The highest BCUT2D eigenvalue weighted by molar-refractivity contribution is 14.1. The van der Waals surface area contributed by atoms with E-state index in [1.807, 2.05) is 22.6 Å². The van der Waals surface area contributed by atoms with Crippen LogP contribution in [0.15, 0.2) is 10.7 Å². The molecule has 2 N–H and O–H groups in total. The van der Waals surface area contributed by atoms with Gasteiger partial charge < -0.3 is 14.9 Å². The maximum Gasteiger partial charge on any atom is 0.191 e. The number of ether oxygens (including phenoxy) is 1. The average Bonchev–Trinajstić information content (AvgIpc) is 2.19. The zero-order valence-corrected chi connectivity index (χ0v) is 10.6. The first-order chi connectivity index (χ1) is 7.75. The minimum absolute atomic E-state index is 0.0357. The van der Waals surface area contributed by atoms with E-state index in [4.69, 9.17) is 14.0 Å². The molecule has 4 nitrogen and oxygen atoms in total. The van der Waals surface area contributed by atoms with Crippen molar-refractivity contribution in [1.29, 1.82) is 0 Å². The lowest BCUT2D eigenvalue weighted by Gasteiger charge is -2.13. The van der Waals surface area contributed by atoms with Crippen LogP contribution in [0.4, 0.5) is 0 Å². The number of pyridine rings is 1. The number of aliphatic hydroxyl groups excluding tert-OH is 1. The van der Waals surface area contributed by atoms with Crippen LogP contribution >= 0.6 is 38.5 Å². The molecule has 1 rings (SSSR count). The number of nitrogens with zero attached hydrogens (tertiary/aromatic N) is 1. The topological polar surface area (TPSA) is 62.6 Å². The summed E-state index contributed by atoms with van der Waals surface area (Å²) in [6.07, 6.45) is -1.39. The Morgan fingerprint density at radius 2 is 2.57 bits per heavy atom. The van der Waals surface area contributed by atoms with Crippen LogP contribution in [0.5, 0.6) is 11.5 Å². The summed E-state index contributed by atoms with van der Waals surface area (Å²) < 4.78 is 27.2. The van der Waals surface area contributed by atoms with Crippen LogP contribution in [0.3, 0.4) is 0 Å². The van der Waals surface area contributed by atoms with Crippen LogP contribution in [0.1, 0.15) is 11.0 Å². The molecule has 6 heteroatoms. The molecule has 0 aliphatic carbocycles. The first kappa shape index (κ1) is 8.12. The molecule has 0 saturated heterocycles. The van der Waals surface area contributed by atoms with Gasteiger partial charge in [-0.25, -0.2) is 4.98 Å². The van der Waals surface area contributed by atoms with Gasteiger partial charge >= 0.3 is 0 Å². The summed E-state index contributed by atoms with van der Waals surface area (Å²) in [7, 11) is 0. The van der Waals surface area contributed by atoms with Crippen LogP contribution in [0, 0.1) is 3.70 Å². The Morgan fingerprint density at radius 3 is 3.14 bits per heavy atom. The number of halogens is 2. The van der Waals surface area contributed by atoms with Crippen LogP contribution in [0.25, 0.3) is 0 Å². The lowest BCUT2D eigenvalue weighted by atomic mass is 10.4. The fourth-order valence-electron chi connectivity index (χ4n) is 0.738. The Bertz CT molecular complexity index is 416. The Hall–Kier alpha value is -0.0800. The van der Waals surface area contributed by atoms with Crippen LogP contribution in [0.2, 0.25) is 0 Å². The highest BCUT2D eigenvalue weighted by atomic mass is 127. The van der Waals surface area contributed by atoms with E-state index >= 15 is 0 Å². The van der Waals surface area contributed by atoms with Crippen LogP contribution < -0.4 is 4.74 Å². The summed E-state index contributed by atoms with van der Waals surface area (Å²) in [5.74, 6) is -0.334. The third-order valence-electron chi connectivity index (χ3n) is 1.32. The van der Waals surface area contributed by atoms with E-state index < -0.39 is 19.6 Å². The van der Waals surface area contributed by atoms with Crippen molar-refractivity contribution in [1.82, 2.24) is 4.98 Å². The summed E-state index contributed by atoms with van der Waals surface area (Å²) in [5.41, 5.74) is 0. The van der Waals surface area contributed by atoms with Crippen LogP contribution in [-0.2, 0) is 0 Å². The highest BCUT2D eigenvalue weighted by Gasteiger charge is 2.12. The lowest BCUT2D eigenvalue weighted by Crippen LogP contribution is -2.16. The molecule has 0 spiro atoms. The lowest BCUT2D eigenvalue weighted by molar-refractivity contribution is 0.126. The van der Waals surface area contributed by atoms with E-state index in [0.717, 1.165) is 0 Å². The third kappa shape index (κ3) is 2.96. The number of aromatic nitrogens is 1. The Balaban J connectivity index is 3.02. The molecule has 0 aliphatic heterocycles. The van der Waals surface area contributed by atoms with Gasteiger partial charge in [-0.15, -0.1) is 0 Å². The molecule has 1 unspecified atom stereocenters. The zero-order valence-electron chi connectivity index (χ0n) is 9.87. The van der Waals surface area contributed by atoms with Gasteiger partial charge in [0, 0.05) is 10.2 Å². The molecular formula is C8H9BrINO3. The first-order valence-corrected chi connectivity index (χ1v) is 5.45. The van der Waals surface area contributed by atoms with E-state index in [1.54, 1.807) is 0 Å². The molecule has 0 fully saturated rings. The summed E-state index contributed by atoms with van der Waals surface area (Å²) >= 11 is 4.90. The largest absolute Gasteiger partial charge is 0.502 e. The maximum absolute atomic E-state index is 9.63. The number of aromatic hydroxyl groups is 1. The molecule has 78 valence electrons. The minimum atomic E-state index is -2.47. The number of aliphatic hydroxyl groups is 1. The second-order valence-corrected chi connectivity index (χ2v) is 4.23. The predicted octanol–water partition coefficient (Wildman–Crippen LogP) is 1.91. The van der Waals surface area contributed by atoms with Gasteiger partial charge in [0.25, 0.3) is 0 Å². The molecule has 0 aromatic carbocycles. The van der Waals surface area contributed by atoms with Crippen molar-refractivity contribution in [2.45, 2.75) is 13.0 Å². The highest BCUT2D eigenvalue weighted by Crippen LogP contribution is 2.34. The Morgan fingerprint density at radius 1 is 1.86 bits per heavy atom. The Kier molecular flexibility index (Phi) is 2.97. The van der Waals surface area contributed by atoms with Crippen molar-refractivity contribution >= 4 is 38.5 Å². The van der Waals surface area contributed by atoms with E-state index in [1.165, 1.54) is 6.07 Å². The fourth-order valence-corrected chi connectivity index (χ4v) is 1.98. The van der Waals surface area contributed by atoms with Crippen molar-refractivity contribution < 1.29 is 19.1 Å². The van der Waals surface area contributed by atoms with Crippen LogP contribution in [-0.4, -0.2) is 27.9 Å². The molecule has 1 heterocycles. The molecule has 14 heavy (non-hydrogen) atoms. The summed E-state index contributed by atoms with van der Waals surface area (Å²) in [6.45, 7) is -3.14. The zero-order chi connectivity index (χ0) is 13.2. The van der Waals surface area contributed by atoms with E-state index in [0.29, 0.717) is 3.70 Å². The van der Waals surface area contributed by atoms with Gasteiger partial charge in [0.2, 0.25) is 0 Å². The molecule has 0 radical (unpaired) electrons. The monoisotopic (exact) mass is 376 g/mol. The van der Waals surface area contributed by atoms with Gasteiger partial charge in [-0.05, 0) is 45.4 Å². The minimum Gasteiger partial charge on any atom is -0.502 e. The number of hydrogen-bond donors (Lipinski definition) is 2. The SMILES string of the molecule is [2H]C([2H])([2H])C(CO)Oc1cc(I)nc(Br)c1O. The van der Waals surface area contributed by atoms with E-state index in [2.05, 4.69) is 20.9 Å². The van der Waals surface area contributed by atoms with Crippen molar-refractivity contribution in [3.8, 4) is 11.5 Å². The van der Waals surface area contributed by atoms with Gasteiger partial charge in [-0.2, -0.15) is 0 Å². The van der Waals surface area contributed by atoms with Gasteiger partial charge in [-0.3, -0.25) is 0 Å². The third-order valence-corrected chi connectivity index (χ3v) is 2.42. The van der Waals surface area contributed by atoms with E-state index in [9.17, 15) is 5.11 Å². The molecule has 0 aliphatic rings. The maximum atomic E-state index is 9.63. The normalized spacial score (nSPS) is 16.6. The van der Waals surface area contributed by atoms with Gasteiger partial charge in [0.1, 0.15) is 9.80 Å². The quantitative estimate of drug-likeness (QED) is 0.625. The van der Waals surface area contributed by atoms with Crippen molar-refractivity contribution in [2.75, 3.05) is 6.61 Å². The number of rotatable bonds is 3. The van der Waals surface area contributed by atoms with Crippen molar-refractivity contribution in [2.24, 2.45) is 0 Å². The first-order valence-electron chi connectivity index (χ1n) is 5.08. The summed E-state index contributed by atoms with van der Waals surface area (Å²) in [6, 6.07) is 1.38. The molecule has 0 amide bonds.